The highest BCUT2D eigenvalue weighted by Crippen LogP contribution is 1.93. The Kier molecular flexibility index (Phi) is 9.00. The van der Waals surface area contributed by atoms with Gasteiger partial charge in [-0.2, -0.15) is 0 Å². The van der Waals surface area contributed by atoms with E-state index in [4.69, 9.17) is 16.7 Å². The largest absolute Gasteiger partial charge is 0.478 e. The van der Waals surface area contributed by atoms with E-state index in [1.807, 2.05) is 25.9 Å². The maximum atomic E-state index is 9.25. The van der Waals surface area contributed by atoms with Gasteiger partial charge < -0.3 is 5.11 Å². The number of rotatable bonds is 2. The second kappa shape index (κ2) is 7.57. The van der Waals surface area contributed by atoms with E-state index < -0.39 is 5.97 Å². The maximum Gasteiger partial charge on any atom is 0.327 e. The molecule has 0 bridgehead atoms. The van der Waals surface area contributed by atoms with Gasteiger partial charge in [-0.3, -0.25) is 4.90 Å². The first-order valence-electron chi connectivity index (χ1n) is 3.07. The number of halogens is 1. The van der Waals surface area contributed by atoms with Crippen LogP contribution in [-0.4, -0.2) is 35.6 Å². The van der Waals surface area contributed by atoms with E-state index in [9.17, 15) is 4.79 Å². The number of carboxylic acid groups (broad SMARTS) is 1. The highest BCUT2D eigenvalue weighted by molar-refractivity contribution is 6.20. The molecule has 0 radical (unpaired) electrons. The molecule has 4 heteroatoms. The summed E-state index contributed by atoms with van der Waals surface area (Å²) in [5.41, 5.74) is 0.157. The van der Waals surface area contributed by atoms with Gasteiger partial charge in [0.25, 0.3) is 0 Å². The fourth-order valence-electron chi connectivity index (χ4n) is 0. The van der Waals surface area contributed by atoms with Gasteiger partial charge in [0.15, 0.2) is 0 Å². The molecule has 1 atom stereocenters. The average Bonchev–Trinajstić information content (AvgIpc) is 1.89. The fraction of sp³-hybridized carbons (Fsp3) is 0.571. The maximum absolute atomic E-state index is 9.25. The van der Waals surface area contributed by atoms with Crippen LogP contribution in [0.3, 0.4) is 0 Å². The zero-order valence-corrected chi connectivity index (χ0v) is 7.80. The molecular weight excluding hydrogens is 166 g/mol. The summed E-state index contributed by atoms with van der Waals surface area (Å²) in [5.74, 6) is -0.981. The van der Waals surface area contributed by atoms with Gasteiger partial charge in [-0.1, -0.05) is 6.58 Å². The summed E-state index contributed by atoms with van der Waals surface area (Å²) in [6, 6.07) is 0. The summed E-state index contributed by atoms with van der Waals surface area (Å²) in [5, 5.41) is 7.60. The molecule has 0 saturated carbocycles. The molecule has 0 heterocycles. The second-order valence-electron chi connectivity index (χ2n) is 2.08. The van der Waals surface area contributed by atoms with E-state index in [-0.39, 0.29) is 5.50 Å². The molecule has 66 valence electrons. The first kappa shape index (κ1) is 13.1. The van der Waals surface area contributed by atoms with Crippen LogP contribution in [0.4, 0.5) is 0 Å². The molecule has 0 spiro atoms. The minimum absolute atomic E-state index is 0.157. The molecule has 0 aromatic heterocycles. The summed E-state index contributed by atoms with van der Waals surface area (Å²) in [4.78, 5) is 11.2. The third kappa shape index (κ3) is 17.7. The zero-order valence-electron chi connectivity index (χ0n) is 7.04. The second-order valence-corrected chi connectivity index (χ2v) is 2.71. The quantitative estimate of drug-likeness (QED) is 0.396. The molecule has 0 fully saturated rings. The summed E-state index contributed by atoms with van der Waals surface area (Å²) < 4.78 is 0. The lowest BCUT2D eigenvalue weighted by molar-refractivity contribution is -0.131. The van der Waals surface area contributed by atoms with Crippen LogP contribution in [-0.2, 0) is 4.79 Å². The van der Waals surface area contributed by atoms with Crippen LogP contribution in [0.1, 0.15) is 6.92 Å². The van der Waals surface area contributed by atoms with Crippen LogP contribution in [0.15, 0.2) is 12.7 Å². The van der Waals surface area contributed by atoms with Crippen molar-refractivity contribution in [3.8, 4) is 0 Å². The monoisotopic (exact) mass is 179 g/mol. The first-order valence-corrected chi connectivity index (χ1v) is 3.51. The van der Waals surface area contributed by atoms with Gasteiger partial charge in [0.05, 0.1) is 5.50 Å². The predicted octanol–water partition coefficient (Wildman–Crippen LogP) is 1.39. The van der Waals surface area contributed by atoms with Crippen molar-refractivity contribution in [1.82, 2.24) is 4.90 Å². The van der Waals surface area contributed by atoms with E-state index in [1.54, 1.807) is 0 Å². The molecular formula is C7H14ClNO2. The fourth-order valence-corrected chi connectivity index (χ4v) is 0. The molecule has 0 aromatic rings. The summed E-state index contributed by atoms with van der Waals surface area (Å²) in [6.45, 7) is 4.89. The van der Waals surface area contributed by atoms with Crippen LogP contribution in [0.25, 0.3) is 0 Å². The van der Waals surface area contributed by atoms with Crippen LogP contribution >= 0.6 is 11.6 Å². The van der Waals surface area contributed by atoms with Gasteiger partial charge in [0.1, 0.15) is 0 Å². The van der Waals surface area contributed by atoms with Crippen LogP contribution in [0.2, 0.25) is 0 Å². The number of hydrogen-bond acceptors (Lipinski definition) is 2. The van der Waals surface area contributed by atoms with Gasteiger partial charge in [-0.05, 0) is 21.0 Å². The minimum Gasteiger partial charge on any atom is -0.478 e. The van der Waals surface area contributed by atoms with Gasteiger partial charge in [-0.25, -0.2) is 4.79 Å². The van der Waals surface area contributed by atoms with E-state index in [0.29, 0.717) is 0 Å². The number of carboxylic acids is 1. The van der Waals surface area contributed by atoms with Gasteiger partial charge >= 0.3 is 5.97 Å². The summed E-state index contributed by atoms with van der Waals surface area (Å²) >= 11 is 5.54. The Hall–Kier alpha value is -0.540. The van der Waals surface area contributed by atoms with Gasteiger partial charge in [0, 0.05) is 6.08 Å². The topological polar surface area (TPSA) is 40.5 Å². The van der Waals surface area contributed by atoms with E-state index >= 15 is 0 Å². The van der Waals surface area contributed by atoms with Gasteiger partial charge in [0.2, 0.25) is 0 Å². The van der Waals surface area contributed by atoms with Crippen molar-refractivity contribution in [2.24, 2.45) is 0 Å². The molecule has 0 aliphatic heterocycles. The standard InChI is InChI=1S/C4H10ClN.C3H4O2/c1-4(5)6(2)3;1-2-3(4)5/h4H,1-3H3;2H,1H2,(H,4,5). The first-order chi connectivity index (χ1) is 4.91. The number of aliphatic carboxylic acids is 1. The summed E-state index contributed by atoms with van der Waals surface area (Å²) in [7, 11) is 3.88. The van der Waals surface area contributed by atoms with Crippen molar-refractivity contribution >= 4 is 17.6 Å². The van der Waals surface area contributed by atoms with E-state index in [0.717, 1.165) is 6.08 Å². The van der Waals surface area contributed by atoms with Crippen molar-refractivity contribution in [2.75, 3.05) is 14.1 Å². The highest BCUT2D eigenvalue weighted by Gasteiger charge is 1.93. The molecule has 0 rings (SSSR count). The average molecular weight is 180 g/mol. The molecule has 1 unspecified atom stereocenters. The predicted molar refractivity (Wildman–Crippen MR) is 46.8 cm³/mol. The molecule has 1 N–H and O–H groups in total. The number of alkyl halides is 1. The lowest BCUT2D eigenvalue weighted by Crippen LogP contribution is -2.17. The molecule has 0 aliphatic carbocycles. The molecule has 0 aliphatic rings. The van der Waals surface area contributed by atoms with Crippen LogP contribution in [0.5, 0.6) is 0 Å². The third-order valence-corrected chi connectivity index (χ3v) is 1.28. The van der Waals surface area contributed by atoms with E-state index in [2.05, 4.69) is 6.58 Å². The van der Waals surface area contributed by atoms with Crippen molar-refractivity contribution in [3.05, 3.63) is 12.7 Å². The molecule has 11 heavy (non-hydrogen) atoms. The van der Waals surface area contributed by atoms with E-state index in [1.165, 1.54) is 0 Å². The molecule has 0 aromatic carbocycles. The van der Waals surface area contributed by atoms with Crippen LogP contribution < -0.4 is 0 Å². The van der Waals surface area contributed by atoms with Crippen molar-refractivity contribution in [2.45, 2.75) is 12.4 Å². The third-order valence-electron chi connectivity index (χ3n) is 0.886. The lowest BCUT2D eigenvalue weighted by atomic mass is 10.7. The normalized spacial score (nSPS) is 11.4. The van der Waals surface area contributed by atoms with Crippen molar-refractivity contribution in [3.63, 3.8) is 0 Å². The Morgan fingerprint density at radius 3 is 1.91 bits per heavy atom. The van der Waals surface area contributed by atoms with Crippen molar-refractivity contribution < 1.29 is 9.90 Å². The molecule has 0 saturated heterocycles. The number of nitrogens with zero attached hydrogens (tertiary/aromatic N) is 1. The lowest BCUT2D eigenvalue weighted by Gasteiger charge is -2.09. The van der Waals surface area contributed by atoms with Crippen LogP contribution in [0, 0.1) is 0 Å². The SMILES string of the molecule is C=CC(=O)O.CC(Cl)N(C)C. The Labute approximate surface area is 72.3 Å². The molecule has 3 nitrogen and oxygen atoms in total. The minimum atomic E-state index is -0.981. The Balaban J connectivity index is 0. The number of carbonyl (C=O) groups is 1. The Morgan fingerprint density at radius 1 is 1.73 bits per heavy atom. The zero-order chi connectivity index (χ0) is 9.44. The smallest absolute Gasteiger partial charge is 0.327 e. The van der Waals surface area contributed by atoms with Crippen molar-refractivity contribution in [1.29, 1.82) is 0 Å². The number of hydrogen-bond donors (Lipinski definition) is 1. The van der Waals surface area contributed by atoms with Gasteiger partial charge in [-0.15, -0.1) is 11.6 Å². The summed E-state index contributed by atoms with van der Waals surface area (Å²) in [6.07, 6.45) is 0.833. The molecule has 0 amide bonds. The highest BCUT2D eigenvalue weighted by atomic mass is 35.5. The Bertz CT molecular complexity index is 118. The Morgan fingerprint density at radius 2 is 1.91 bits per heavy atom.